The molecule has 0 saturated carbocycles. The van der Waals surface area contributed by atoms with Crippen molar-refractivity contribution >= 4 is 17.6 Å². The normalized spacial score (nSPS) is 17.0. The van der Waals surface area contributed by atoms with Crippen LogP contribution in [-0.4, -0.2) is 36.2 Å². The van der Waals surface area contributed by atoms with Crippen molar-refractivity contribution in [2.75, 3.05) is 14.2 Å². The highest BCUT2D eigenvalue weighted by atomic mass is 16.6. The first-order chi connectivity index (χ1) is 11.8. The third-order valence-corrected chi connectivity index (χ3v) is 3.80. The van der Waals surface area contributed by atoms with Crippen LogP contribution >= 0.6 is 0 Å². The Morgan fingerprint density at radius 3 is 2.28 bits per heavy atom. The molecule has 25 heavy (non-hydrogen) atoms. The van der Waals surface area contributed by atoms with Crippen molar-refractivity contribution in [1.82, 2.24) is 5.32 Å². The summed E-state index contributed by atoms with van der Waals surface area (Å²) in [6, 6.07) is 5.63. The topological polar surface area (TPSA) is 128 Å². The molecule has 1 aromatic carbocycles. The summed E-state index contributed by atoms with van der Waals surface area (Å²) >= 11 is 0. The van der Waals surface area contributed by atoms with Gasteiger partial charge >= 0.3 is 11.9 Å². The van der Waals surface area contributed by atoms with Crippen LogP contribution in [-0.2, 0) is 19.1 Å². The van der Waals surface area contributed by atoms with Gasteiger partial charge in [0.1, 0.15) is 5.57 Å². The number of hydrogen-bond donors (Lipinski definition) is 2. The average molecular weight is 348 g/mol. The maximum absolute atomic E-state index is 12.3. The number of carbonyl (C=O) groups is 2. The number of allylic oxidation sites excluding steroid dienone is 1. The lowest BCUT2D eigenvalue weighted by Crippen LogP contribution is -2.33. The summed E-state index contributed by atoms with van der Waals surface area (Å²) in [5, 5.41) is 24.1. The van der Waals surface area contributed by atoms with Crippen LogP contribution in [0.15, 0.2) is 47.0 Å². The molecule has 1 aliphatic heterocycles. The Balaban J connectivity index is 2.80. The number of nitrogens with one attached hydrogen (secondary N) is 1. The number of nitro groups is 1. The lowest BCUT2D eigenvalue weighted by atomic mass is 9.81. The second kappa shape index (κ2) is 7.04. The van der Waals surface area contributed by atoms with Crippen molar-refractivity contribution < 1.29 is 29.1 Å². The van der Waals surface area contributed by atoms with Crippen LogP contribution in [0.25, 0.3) is 0 Å². The highest BCUT2D eigenvalue weighted by molar-refractivity contribution is 5.99. The quantitative estimate of drug-likeness (QED) is 0.478. The molecule has 0 saturated heterocycles. The lowest BCUT2D eigenvalue weighted by Gasteiger charge is -2.28. The molecule has 0 spiro atoms. The Bertz CT molecular complexity index is 772. The molecule has 0 fully saturated rings. The summed E-state index contributed by atoms with van der Waals surface area (Å²) in [4.78, 5) is 35.2. The van der Waals surface area contributed by atoms with E-state index in [0.717, 1.165) is 14.2 Å². The number of aliphatic hydroxyl groups is 1. The van der Waals surface area contributed by atoms with Crippen molar-refractivity contribution in [2.45, 2.75) is 12.8 Å². The first-order valence-electron chi connectivity index (χ1n) is 7.14. The molecule has 0 bridgehead atoms. The number of esters is 2. The Morgan fingerprint density at radius 1 is 1.16 bits per heavy atom. The van der Waals surface area contributed by atoms with Gasteiger partial charge in [-0.3, -0.25) is 10.1 Å². The maximum atomic E-state index is 12.3. The minimum Gasteiger partial charge on any atom is -0.494 e. The van der Waals surface area contributed by atoms with Crippen molar-refractivity contribution in [3.63, 3.8) is 0 Å². The Kier molecular flexibility index (Phi) is 5.06. The first-order valence-corrected chi connectivity index (χ1v) is 7.14. The lowest BCUT2D eigenvalue weighted by molar-refractivity contribution is -0.385. The predicted molar refractivity (Wildman–Crippen MR) is 85.4 cm³/mol. The number of methoxy groups -OCH3 is 2. The molecular formula is C16H16N2O7. The van der Waals surface area contributed by atoms with E-state index in [0.29, 0.717) is 0 Å². The number of para-hydroxylation sites is 1. The van der Waals surface area contributed by atoms with Crippen LogP contribution in [0.4, 0.5) is 5.69 Å². The predicted octanol–water partition coefficient (Wildman–Crippen LogP) is 1.67. The minimum atomic E-state index is -1.22. The molecule has 1 atom stereocenters. The Hall–Kier alpha value is -3.36. The SMILES string of the molecule is COC(=O)C1=C(C)NC(O)=C(C(=O)OC)C1c1ccccc1[N+](=O)[O-]. The van der Waals surface area contributed by atoms with E-state index in [1.807, 2.05) is 0 Å². The molecule has 2 rings (SSSR count). The number of nitrogens with zero attached hydrogens (tertiary/aromatic N) is 1. The molecule has 132 valence electrons. The Labute approximate surface area is 142 Å². The van der Waals surface area contributed by atoms with E-state index in [1.54, 1.807) is 0 Å². The summed E-state index contributed by atoms with van der Waals surface area (Å²) in [5.74, 6) is -3.48. The van der Waals surface area contributed by atoms with Gasteiger partial charge in [0.05, 0.1) is 30.6 Å². The van der Waals surface area contributed by atoms with Gasteiger partial charge in [0, 0.05) is 17.3 Å². The fourth-order valence-corrected chi connectivity index (χ4v) is 2.72. The number of ether oxygens (including phenoxy) is 2. The fourth-order valence-electron chi connectivity index (χ4n) is 2.72. The highest BCUT2D eigenvalue weighted by Crippen LogP contribution is 2.41. The number of benzene rings is 1. The van der Waals surface area contributed by atoms with E-state index in [1.165, 1.54) is 31.2 Å². The average Bonchev–Trinajstić information content (AvgIpc) is 2.59. The zero-order chi connectivity index (χ0) is 18.7. The molecule has 9 nitrogen and oxygen atoms in total. The van der Waals surface area contributed by atoms with E-state index in [2.05, 4.69) is 10.1 Å². The van der Waals surface area contributed by atoms with Crippen LogP contribution in [0.1, 0.15) is 18.4 Å². The molecule has 0 aliphatic carbocycles. The molecule has 2 N–H and O–H groups in total. The number of dihydropyridines is 1. The molecule has 1 aliphatic rings. The number of aliphatic hydroxyl groups excluding tert-OH is 1. The summed E-state index contributed by atoms with van der Waals surface area (Å²) in [6.07, 6.45) is 0. The van der Waals surface area contributed by atoms with E-state index in [-0.39, 0.29) is 28.1 Å². The standard InChI is InChI=1S/C16H16N2O7/c1-8-11(15(20)24-2)12(13(14(19)17-8)16(21)25-3)9-6-4-5-7-10(9)18(22)23/h4-7,12,17,19H,1-3H3. The minimum absolute atomic E-state index is 0.0324. The van der Waals surface area contributed by atoms with E-state index < -0.39 is 28.7 Å². The molecular weight excluding hydrogens is 332 g/mol. The van der Waals surface area contributed by atoms with Gasteiger partial charge in [0.2, 0.25) is 0 Å². The molecule has 0 radical (unpaired) electrons. The molecule has 1 unspecified atom stereocenters. The van der Waals surface area contributed by atoms with Crippen molar-refractivity contribution in [2.24, 2.45) is 0 Å². The van der Waals surface area contributed by atoms with Gasteiger partial charge in [-0.25, -0.2) is 9.59 Å². The molecule has 1 heterocycles. The number of carbonyl (C=O) groups excluding carboxylic acids is 2. The van der Waals surface area contributed by atoms with Gasteiger partial charge in [-0.2, -0.15) is 0 Å². The highest BCUT2D eigenvalue weighted by Gasteiger charge is 2.41. The zero-order valence-corrected chi connectivity index (χ0v) is 13.7. The van der Waals surface area contributed by atoms with E-state index >= 15 is 0 Å². The van der Waals surface area contributed by atoms with Gasteiger partial charge in [-0.05, 0) is 6.92 Å². The van der Waals surface area contributed by atoms with Crippen LogP contribution in [0.2, 0.25) is 0 Å². The van der Waals surface area contributed by atoms with Gasteiger partial charge in [0.25, 0.3) is 5.69 Å². The summed E-state index contributed by atoms with van der Waals surface area (Å²) in [7, 11) is 2.25. The van der Waals surface area contributed by atoms with Gasteiger partial charge in [0.15, 0.2) is 5.88 Å². The van der Waals surface area contributed by atoms with Crippen molar-refractivity contribution in [1.29, 1.82) is 0 Å². The maximum Gasteiger partial charge on any atom is 0.340 e. The molecule has 1 aromatic rings. The smallest absolute Gasteiger partial charge is 0.340 e. The second-order valence-electron chi connectivity index (χ2n) is 5.16. The third-order valence-electron chi connectivity index (χ3n) is 3.80. The largest absolute Gasteiger partial charge is 0.494 e. The second-order valence-corrected chi connectivity index (χ2v) is 5.16. The first kappa shape index (κ1) is 18.0. The van der Waals surface area contributed by atoms with Crippen LogP contribution < -0.4 is 5.32 Å². The van der Waals surface area contributed by atoms with Crippen LogP contribution in [0, 0.1) is 10.1 Å². The number of hydrogen-bond acceptors (Lipinski definition) is 8. The number of rotatable bonds is 4. The van der Waals surface area contributed by atoms with E-state index in [4.69, 9.17) is 4.74 Å². The Morgan fingerprint density at radius 2 is 1.72 bits per heavy atom. The van der Waals surface area contributed by atoms with Crippen molar-refractivity contribution in [3.8, 4) is 0 Å². The van der Waals surface area contributed by atoms with Crippen LogP contribution in [0.5, 0.6) is 0 Å². The summed E-state index contributed by atoms with van der Waals surface area (Å²) in [6.45, 7) is 1.48. The molecule has 0 aromatic heterocycles. The summed E-state index contributed by atoms with van der Waals surface area (Å²) in [5.41, 5.74) is -0.392. The van der Waals surface area contributed by atoms with Crippen LogP contribution in [0.3, 0.4) is 0 Å². The molecule has 9 heteroatoms. The monoisotopic (exact) mass is 348 g/mol. The zero-order valence-electron chi connectivity index (χ0n) is 13.7. The third kappa shape index (κ3) is 3.16. The van der Waals surface area contributed by atoms with Gasteiger partial charge in [-0.15, -0.1) is 0 Å². The van der Waals surface area contributed by atoms with E-state index in [9.17, 15) is 24.8 Å². The fraction of sp³-hybridized carbons (Fsp3) is 0.250. The molecule has 0 amide bonds. The van der Waals surface area contributed by atoms with Crippen molar-refractivity contribution in [3.05, 3.63) is 62.7 Å². The van der Waals surface area contributed by atoms with Gasteiger partial charge < -0.3 is 19.9 Å². The van der Waals surface area contributed by atoms with Gasteiger partial charge in [-0.1, -0.05) is 18.2 Å². The summed E-state index contributed by atoms with van der Waals surface area (Å²) < 4.78 is 9.41. The number of nitro benzene ring substituents is 1.